The average molecular weight is 260 g/mol. The Balaban J connectivity index is 2.01. The third kappa shape index (κ3) is 2.59. The number of carbonyl (C=O) groups is 3. The molecule has 2 rings (SSSR count). The predicted octanol–water partition coefficient (Wildman–Crippen LogP) is 0.546. The quantitative estimate of drug-likeness (QED) is 0.736. The molecule has 7 heteroatoms. The number of urea groups is 1. The van der Waals surface area contributed by atoms with Crippen molar-refractivity contribution in [3.8, 4) is 0 Å². The number of barbiturate groups is 1. The number of hydrogen-bond acceptors (Lipinski definition) is 4. The molecule has 17 heavy (non-hydrogen) atoms. The highest BCUT2D eigenvalue weighted by molar-refractivity contribution is 7.99. The van der Waals surface area contributed by atoms with E-state index in [-0.39, 0.29) is 12.5 Å². The van der Waals surface area contributed by atoms with E-state index in [4.69, 9.17) is 0 Å². The lowest BCUT2D eigenvalue weighted by molar-refractivity contribution is -0.144. The molecular formula is C10H13FN2O3S. The van der Waals surface area contributed by atoms with Crippen molar-refractivity contribution in [2.45, 2.75) is 19.0 Å². The second-order valence-corrected chi connectivity index (χ2v) is 5.39. The molecule has 2 fully saturated rings. The van der Waals surface area contributed by atoms with Crippen molar-refractivity contribution in [2.75, 3.05) is 18.1 Å². The number of amides is 4. The molecule has 5 nitrogen and oxygen atoms in total. The molecule has 0 radical (unpaired) electrons. The van der Waals surface area contributed by atoms with Crippen LogP contribution in [-0.2, 0) is 9.59 Å². The number of alkyl halides is 1. The fourth-order valence-electron chi connectivity index (χ4n) is 1.95. The summed E-state index contributed by atoms with van der Waals surface area (Å²) in [5.74, 6) is 0.0114. The Bertz CT molecular complexity index is 357. The van der Waals surface area contributed by atoms with Gasteiger partial charge in [0.1, 0.15) is 0 Å². The van der Waals surface area contributed by atoms with E-state index in [0.717, 1.165) is 29.2 Å². The van der Waals surface area contributed by atoms with Gasteiger partial charge in [-0.25, -0.2) is 9.18 Å². The summed E-state index contributed by atoms with van der Waals surface area (Å²) in [4.78, 5) is 34.6. The van der Waals surface area contributed by atoms with Gasteiger partial charge in [-0.1, -0.05) is 0 Å². The Morgan fingerprint density at radius 2 is 1.94 bits per heavy atom. The van der Waals surface area contributed by atoms with Crippen molar-refractivity contribution in [1.29, 1.82) is 0 Å². The van der Waals surface area contributed by atoms with Crippen LogP contribution in [0.4, 0.5) is 9.18 Å². The van der Waals surface area contributed by atoms with Gasteiger partial charge in [-0.15, -0.1) is 0 Å². The van der Waals surface area contributed by atoms with E-state index >= 15 is 0 Å². The lowest BCUT2D eigenvalue weighted by atomic mass is 10.0. The van der Waals surface area contributed by atoms with Crippen LogP contribution in [0.2, 0.25) is 0 Å². The molecule has 1 N–H and O–H groups in total. The van der Waals surface area contributed by atoms with Gasteiger partial charge in [0, 0.05) is 6.54 Å². The third-order valence-electron chi connectivity index (χ3n) is 2.97. The van der Waals surface area contributed by atoms with E-state index in [1.54, 1.807) is 0 Å². The Hall–Kier alpha value is -1.11. The normalized spacial score (nSPS) is 27.2. The van der Waals surface area contributed by atoms with Gasteiger partial charge >= 0.3 is 6.03 Å². The summed E-state index contributed by atoms with van der Waals surface area (Å²) in [6.45, 7) is 0.207. The monoisotopic (exact) mass is 260 g/mol. The number of carbonyl (C=O) groups excluding carboxylic acids is 3. The first-order valence-corrected chi connectivity index (χ1v) is 6.63. The highest BCUT2D eigenvalue weighted by atomic mass is 32.2. The molecule has 0 aliphatic carbocycles. The van der Waals surface area contributed by atoms with Crippen molar-refractivity contribution in [1.82, 2.24) is 10.2 Å². The van der Waals surface area contributed by atoms with Crippen molar-refractivity contribution in [2.24, 2.45) is 5.92 Å². The van der Waals surface area contributed by atoms with Gasteiger partial charge in [0.2, 0.25) is 0 Å². The van der Waals surface area contributed by atoms with Gasteiger partial charge < -0.3 is 0 Å². The number of imide groups is 2. The van der Waals surface area contributed by atoms with Gasteiger partial charge in [0.25, 0.3) is 18.0 Å². The fraction of sp³-hybridized carbons (Fsp3) is 0.700. The maximum Gasteiger partial charge on any atom is 0.330 e. The van der Waals surface area contributed by atoms with Gasteiger partial charge in [0.15, 0.2) is 0 Å². The molecular weight excluding hydrogens is 247 g/mol. The molecule has 0 aromatic rings. The molecule has 0 bridgehead atoms. The molecule has 0 spiro atoms. The Morgan fingerprint density at radius 1 is 1.29 bits per heavy atom. The van der Waals surface area contributed by atoms with Gasteiger partial charge in [-0.05, 0) is 30.3 Å². The van der Waals surface area contributed by atoms with E-state index < -0.39 is 24.0 Å². The summed E-state index contributed by atoms with van der Waals surface area (Å²) in [7, 11) is 0. The lowest BCUT2D eigenvalue weighted by Crippen LogP contribution is -2.60. The zero-order valence-corrected chi connectivity index (χ0v) is 9.96. The van der Waals surface area contributed by atoms with E-state index in [0.29, 0.717) is 0 Å². The molecule has 0 saturated carbocycles. The number of halogens is 1. The summed E-state index contributed by atoms with van der Waals surface area (Å²) in [6, 6.07) is -0.799. The van der Waals surface area contributed by atoms with Crippen molar-refractivity contribution < 1.29 is 18.8 Å². The fourth-order valence-corrected chi connectivity index (χ4v) is 3.15. The Morgan fingerprint density at radius 3 is 2.59 bits per heavy atom. The summed E-state index contributed by atoms with van der Waals surface area (Å²) in [5, 5.41) is 1.85. The van der Waals surface area contributed by atoms with E-state index in [9.17, 15) is 18.8 Å². The van der Waals surface area contributed by atoms with E-state index in [1.807, 2.05) is 17.1 Å². The van der Waals surface area contributed by atoms with Crippen LogP contribution in [0.1, 0.15) is 12.8 Å². The number of rotatable bonds is 2. The van der Waals surface area contributed by atoms with Crippen LogP contribution < -0.4 is 5.32 Å². The third-order valence-corrected chi connectivity index (χ3v) is 4.02. The highest BCUT2D eigenvalue weighted by Gasteiger charge is 2.41. The Kier molecular flexibility index (Phi) is 3.66. The van der Waals surface area contributed by atoms with Crippen LogP contribution in [0.5, 0.6) is 0 Å². The minimum absolute atomic E-state index is 0.207. The molecule has 2 heterocycles. The smallest absolute Gasteiger partial charge is 0.275 e. The second-order valence-electron chi connectivity index (χ2n) is 4.16. The standard InChI is InChI=1S/C10H13FN2O3S/c11-7-8(14)12-10(16)13(9(7)15)5-6-1-3-17-4-2-6/h6-7H,1-5H2,(H,12,14,16). The SMILES string of the molecule is O=C1NC(=O)N(CC2CCSCC2)C(=O)C1F. The predicted molar refractivity (Wildman–Crippen MR) is 60.2 cm³/mol. The van der Waals surface area contributed by atoms with Crippen LogP contribution >= 0.6 is 11.8 Å². The molecule has 2 aliphatic rings. The Labute approximate surface area is 102 Å². The largest absolute Gasteiger partial charge is 0.330 e. The number of nitrogens with zero attached hydrogens (tertiary/aromatic N) is 1. The molecule has 2 aliphatic heterocycles. The number of nitrogens with one attached hydrogen (secondary N) is 1. The maximum atomic E-state index is 13.2. The first-order chi connectivity index (χ1) is 8.09. The van der Waals surface area contributed by atoms with Crippen LogP contribution in [0.3, 0.4) is 0 Å². The molecule has 1 atom stereocenters. The summed E-state index contributed by atoms with van der Waals surface area (Å²) in [6.07, 6.45) is -0.426. The number of thioether (sulfide) groups is 1. The zero-order chi connectivity index (χ0) is 12.4. The van der Waals surface area contributed by atoms with Crippen LogP contribution in [0.15, 0.2) is 0 Å². The average Bonchev–Trinajstić information content (AvgIpc) is 2.33. The van der Waals surface area contributed by atoms with Gasteiger partial charge in [-0.3, -0.25) is 19.8 Å². The van der Waals surface area contributed by atoms with E-state index in [1.165, 1.54) is 0 Å². The first kappa shape index (κ1) is 12.3. The van der Waals surface area contributed by atoms with Crippen LogP contribution in [0.25, 0.3) is 0 Å². The topological polar surface area (TPSA) is 66.5 Å². The maximum absolute atomic E-state index is 13.2. The second kappa shape index (κ2) is 5.03. The van der Waals surface area contributed by atoms with E-state index in [2.05, 4.69) is 0 Å². The minimum Gasteiger partial charge on any atom is -0.275 e. The summed E-state index contributed by atoms with van der Waals surface area (Å²) >= 11 is 1.83. The number of hydrogen-bond donors (Lipinski definition) is 1. The molecule has 2 saturated heterocycles. The van der Waals surface area contributed by atoms with Crippen molar-refractivity contribution in [3.05, 3.63) is 0 Å². The zero-order valence-electron chi connectivity index (χ0n) is 9.15. The van der Waals surface area contributed by atoms with Gasteiger partial charge in [0.05, 0.1) is 0 Å². The summed E-state index contributed by atoms with van der Waals surface area (Å²) in [5.41, 5.74) is 0. The molecule has 94 valence electrons. The molecule has 1 unspecified atom stereocenters. The van der Waals surface area contributed by atoms with Crippen molar-refractivity contribution in [3.63, 3.8) is 0 Å². The molecule has 4 amide bonds. The molecule has 0 aromatic carbocycles. The lowest BCUT2D eigenvalue weighted by Gasteiger charge is -2.31. The van der Waals surface area contributed by atoms with Crippen LogP contribution in [0, 0.1) is 5.92 Å². The molecule has 0 aromatic heterocycles. The first-order valence-electron chi connectivity index (χ1n) is 5.47. The van der Waals surface area contributed by atoms with Gasteiger partial charge in [-0.2, -0.15) is 11.8 Å². The minimum atomic E-state index is -2.24. The summed E-state index contributed by atoms with van der Waals surface area (Å²) < 4.78 is 13.2. The highest BCUT2D eigenvalue weighted by Crippen LogP contribution is 2.24. The van der Waals surface area contributed by atoms with Crippen molar-refractivity contribution >= 4 is 29.6 Å². The van der Waals surface area contributed by atoms with Crippen LogP contribution in [-0.4, -0.2) is 47.0 Å².